The number of rotatable bonds is 3. The van der Waals surface area contributed by atoms with Crippen molar-refractivity contribution in [3.05, 3.63) is 41.6 Å². The van der Waals surface area contributed by atoms with Gasteiger partial charge in [-0.25, -0.2) is 0 Å². The number of hydrogen-bond acceptors (Lipinski definition) is 2. The second-order valence-corrected chi connectivity index (χ2v) is 6.12. The van der Waals surface area contributed by atoms with Gasteiger partial charge in [-0.3, -0.25) is 0 Å². The SMILES string of the molecule is COc1ccc2c(c1)-c1c(ccn1C[C@@H](C)O)C2(C)C. The lowest BCUT2D eigenvalue weighted by atomic mass is 9.83. The first-order valence-electron chi connectivity index (χ1n) is 7.01. The van der Waals surface area contributed by atoms with Crippen molar-refractivity contribution >= 4 is 0 Å². The maximum atomic E-state index is 9.69. The van der Waals surface area contributed by atoms with E-state index in [2.05, 4.69) is 42.8 Å². The van der Waals surface area contributed by atoms with Crippen molar-refractivity contribution in [2.75, 3.05) is 7.11 Å². The molecule has 1 N–H and O–H groups in total. The fourth-order valence-electron chi connectivity index (χ4n) is 3.25. The van der Waals surface area contributed by atoms with Gasteiger partial charge in [-0.1, -0.05) is 19.9 Å². The van der Waals surface area contributed by atoms with Gasteiger partial charge in [0, 0.05) is 23.7 Å². The lowest BCUT2D eigenvalue weighted by Crippen LogP contribution is -2.14. The smallest absolute Gasteiger partial charge is 0.119 e. The minimum atomic E-state index is -0.357. The summed E-state index contributed by atoms with van der Waals surface area (Å²) in [5, 5.41) is 9.69. The Labute approximate surface area is 119 Å². The van der Waals surface area contributed by atoms with Crippen molar-refractivity contribution in [1.29, 1.82) is 0 Å². The van der Waals surface area contributed by atoms with Gasteiger partial charge in [0.1, 0.15) is 5.75 Å². The molecule has 1 aromatic heterocycles. The highest BCUT2D eigenvalue weighted by atomic mass is 16.5. The van der Waals surface area contributed by atoms with Crippen LogP contribution in [0, 0.1) is 0 Å². The topological polar surface area (TPSA) is 34.4 Å². The molecule has 0 spiro atoms. The zero-order valence-corrected chi connectivity index (χ0v) is 12.5. The van der Waals surface area contributed by atoms with Crippen molar-refractivity contribution in [3.8, 4) is 17.0 Å². The minimum Gasteiger partial charge on any atom is -0.497 e. The summed E-state index contributed by atoms with van der Waals surface area (Å²) in [7, 11) is 1.69. The number of methoxy groups -OCH3 is 1. The van der Waals surface area contributed by atoms with E-state index in [1.807, 2.05) is 13.0 Å². The molecule has 3 heteroatoms. The summed E-state index contributed by atoms with van der Waals surface area (Å²) in [6.45, 7) is 6.93. The minimum absolute atomic E-state index is 0.000875. The Balaban J connectivity index is 2.22. The summed E-state index contributed by atoms with van der Waals surface area (Å²) in [5.74, 6) is 0.872. The first kappa shape index (κ1) is 13.3. The fraction of sp³-hybridized carbons (Fsp3) is 0.412. The van der Waals surface area contributed by atoms with Crippen LogP contribution in [0.5, 0.6) is 5.75 Å². The van der Waals surface area contributed by atoms with Crippen LogP contribution in [0.2, 0.25) is 0 Å². The second-order valence-electron chi connectivity index (χ2n) is 6.12. The van der Waals surface area contributed by atoms with Gasteiger partial charge < -0.3 is 14.4 Å². The van der Waals surface area contributed by atoms with E-state index in [0.717, 1.165) is 5.75 Å². The molecule has 1 heterocycles. The number of benzene rings is 1. The van der Waals surface area contributed by atoms with Crippen molar-refractivity contribution in [1.82, 2.24) is 4.57 Å². The lowest BCUT2D eigenvalue weighted by Gasteiger charge is -2.20. The summed E-state index contributed by atoms with van der Waals surface area (Å²) < 4.78 is 7.51. The molecule has 0 amide bonds. The summed E-state index contributed by atoms with van der Waals surface area (Å²) in [6.07, 6.45) is 1.71. The Bertz CT molecular complexity index is 653. The monoisotopic (exact) mass is 271 g/mol. The Morgan fingerprint density at radius 1 is 1.25 bits per heavy atom. The van der Waals surface area contributed by atoms with Gasteiger partial charge in [0.05, 0.1) is 18.9 Å². The van der Waals surface area contributed by atoms with Gasteiger partial charge in [0.2, 0.25) is 0 Å². The molecule has 1 aliphatic rings. The maximum absolute atomic E-state index is 9.69. The van der Waals surface area contributed by atoms with E-state index in [0.29, 0.717) is 6.54 Å². The third kappa shape index (κ3) is 1.77. The van der Waals surface area contributed by atoms with E-state index in [9.17, 15) is 5.11 Å². The summed E-state index contributed by atoms with van der Waals surface area (Å²) >= 11 is 0. The molecule has 0 unspecified atom stereocenters. The zero-order valence-electron chi connectivity index (χ0n) is 12.5. The second kappa shape index (κ2) is 4.38. The molecule has 106 valence electrons. The molecule has 1 atom stereocenters. The van der Waals surface area contributed by atoms with E-state index in [-0.39, 0.29) is 11.5 Å². The lowest BCUT2D eigenvalue weighted by molar-refractivity contribution is 0.174. The molecular weight excluding hydrogens is 250 g/mol. The first-order valence-corrected chi connectivity index (χ1v) is 7.01. The van der Waals surface area contributed by atoms with E-state index in [1.54, 1.807) is 7.11 Å². The van der Waals surface area contributed by atoms with E-state index >= 15 is 0 Å². The van der Waals surface area contributed by atoms with Crippen LogP contribution < -0.4 is 4.74 Å². The van der Waals surface area contributed by atoms with Crippen molar-refractivity contribution in [3.63, 3.8) is 0 Å². The highest BCUT2D eigenvalue weighted by Crippen LogP contribution is 2.50. The Kier molecular flexibility index (Phi) is 2.91. The molecule has 0 aliphatic heterocycles. The number of aromatic nitrogens is 1. The van der Waals surface area contributed by atoms with Crippen LogP contribution in [0.15, 0.2) is 30.5 Å². The van der Waals surface area contributed by atoms with Crippen LogP contribution in [-0.2, 0) is 12.0 Å². The van der Waals surface area contributed by atoms with Crippen LogP contribution in [0.3, 0.4) is 0 Å². The number of hydrogen-bond donors (Lipinski definition) is 1. The standard InChI is InChI=1S/C17H21NO2/c1-11(19)10-18-8-7-15-16(18)13-9-12(20-4)5-6-14(13)17(15,2)3/h5-9,11,19H,10H2,1-4H3/t11-/m1/s1. The molecule has 0 fully saturated rings. The predicted molar refractivity (Wildman–Crippen MR) is 80.2 cm³/mol. The Morgan fingerprint density at radius 2 is 2.00 bits per heavy atom. The summed E-state index contributed by atoms with van der Waals surface area (Å²) in [4.78, 5) is 0. The number of aliphatic hydroxyl groups excluding tert-OH is 1. The average Bonchev–Trinajstić information content (AvgIpc) is 2.89. The highest BCUT2D eigenvalue weighted by Gasteiger charge is 2.37. The van der Waals surface area contributed by atoms with Crippen molar-refractivity contribution in [2.45, 2.75) is 38.8 Å². The third-order valence-corrected chi connectivity index (χ3v) is 4.25. The number of fused-ring (bicyclic) bond motifs is 3. The van der Waals surface area contributed by atoms with Crippen LogP contribution in [0.25, 0.3) is 11.3 Å². The molecule has 2 aromatic rings. The normalized spacial score (nSPS) is 16.6. The third-order valence-electron chi connectivity index (χ3n) is 4.25. The number of ether oxygens (including phenoxy) is 1. The molecule has 0 saturated heterocycles. The van der Waals surface area contributed by atoms with E-state index in [1.165, 1.54) is 22.4 Å². The van der Waals surface area contributed by atoms with Gasteiger partial charge in [0.25, 0.3) is 0 Å². The van der Waals surface area contributed by atoms with Crippen molar-refractivity contribution in [2.24, 2.45) is 0 Å². The zero-order chi connectivity index (χ0) is 14.5. The average molecular weight is 271 g/mol. The molecule has 1 aromatic carbocycles. The Hall–Kier alpha value is -1.74. The van der Waals surface area contributed by atoms with Gasteiger partial charge >= 0.3 is 0 Å². The van der Waals surface area contributed by atoms with Crippen molar-refractivity contribution < 1.29 is 9.84 Å². The molecule has 0 radical (unpaired) electrons. The van der Waals surface area contributed by atoms with Gasteiger partial charge in [-0.15, -0.1) is 0 Å². The van der Waals surface area contributed by atoms with Crippen LogP contribution in [0.1, 0.15) is 31.9 Å². The molecule has 0 saturated carbocycles. The summed E-state index contributed by atoms with van der Waals surface area (Å²) in [5.41, 5.74) is 5.07. The molecule has 20 heavy (non-hydrogen) atoms. The van der Waals surface area contributed by atoms with Gasteiger partial charge in [-0.05, 0) is 36.2 Å². The molecule has 3 rings (SSSR count). The quantitative estimate of drug-likeness (QED) is 0.930. The molecule has 0 bridgehead atoms. The summed E-state index contributed by atoms with van der Waals surface area (Å²) in [6, 6.07) is 8.44. The highest BCUT2D eigenvalue weighted by molar-refractivity contribution is 5.79. The number of nitrogens with zero attached hydrogens (tertiary/aromatic N) is 1. The molecule has 1 aliphatic carbocycles. The van der Waals surface area contributed by atoms with E-state index in [4.69, 9.17) is 4.74 Å². The van der Waals surface area contributed by atoms with Crippen LogP contribution in [-0.4, -0.2) is 22.9 Å². The largest absolute Gasteiger partial charge is 0.497 e. The van der Waals surface area contributed by atoms with Gasteiger partial charge in [0.15, 0.2) is 0 Å². The Morgan fingerprint density at radius 3 is 2.65 bits per heavy atom. The van der Waals surface area contributed by atoms with E-state index < -0.39 is 0 Å². The maximum Gasteiger partial charge on any atom is 0.119 e. The first-order chi connectivity index (χ1) is 9.45. The molecular formula is C17H21NO2. The predicted octanol–water partition coefficient (Wildman–Crippen LogP) is 3.18. The van der Waals surface area contributed by atoms with Crippen LogP contribution >= 0.6 is 0 Å². The van der Waals surface area contributed by atoms with Crippen LogP contribution in [0.4, 0.5) is 0 Å². The number of aliphatic hydroxyl groups is 1. The molecule has 3 nitrogen and oxygen atoms in total. The van der Waals surface area contributed by atoms with Gasteiger partial charge in [-0.2, -0.15) is 0 Å². The fourth-order valence-corrected chi connectivity index (χ4v) is 3.25.